The normalized spacial score (nSPS) is 15.9. The fourth-order valence-corrected chi connectivity index (χ4v) is 1.37. The van der Waals surface area contributed by atoms with Crippen LogP contribution in [0.5, 0.6) is 0 Å². The van der Waals surface area contributed by atoms with Gasteiger partial charge >= 0.3 is 0 Å². The lowest BCUT2D eigenvalue weighted by molar-refractivity contribution is 0.872. The van der Waals surface area contributed by atoms with Crippen LogP contribution in [0.1, 0.15) is 40.5 Å². The average molecular weight is 231 g/mol. The summed E-state index contributed by atoms with van der Waals surface area (Å²) < 4.78 is 0. The first-order valence-corrected chi connectivity index (χ1v) is 6.36. The van der Waals surface area contributed by atoms with Crippen LogP contribution in [-0.2, 0) is 0 Å². The SMILES string of the molecule is C/C=C\CC(/C=C\C=C/CC)/C(C)=N/C=C\C. The van der Waals surface area contributed by atoms with E-state index in [0.717, 1.165) is 18.6 Å². The topological polar surface area (TPSA) is 12.4 Å². The summed E-state index contributed by atoms with van der Waals surface area (Å²) >= 11 is 0. The zero-order valence-electron chi connectivity index (χ0n) is 11.6. The minimum absolute atomic E-state index is 0.393. The van der Waals surface area contributed by atoms with Gasteiger partial charge in [-0.3, -0.25) is 4.99 Å². The van der Waals surface area contributed by atoms with Crippen LogP contribution in [0.15, 0.2) is 53.7 Å². The summed E-state index contributed by atoms with van der Waals surface area (Å²) in [5.41, 5.74) is 1.15. The first-order valence-electron chi connectivity index (χ1n) is 6.36. The molecule has 0 fully saturated rings. The number of rotatable bonds is 7. The Morgan fingerprint density at radius 2 is 1.88 bits per heavy atom. The molecular formula is C16H25N. The second-order valence-corrected chi connectivity index (χ2v) is 3.89. The van der Waals surface area contributed by atoms with Gasteiger partial charge in [0.1, 0.15) is 0 Å². The lowest BCUT2D eigenvalue weighted by Crippen LogP contribution is -2.06. The van der Waals surface area contributed by atoms with Crippen LogP contribution in [0.2, 0.25) is 0 Å². The van der Waals surface area contributed by atoms with E-state index in [1.165, 1.54) is 0 Å². The van der Waals surface area contributed by atoms with Crippen molar-refractivity contribution in [2.45, 2.75) is 40.5 Å². The summed E-state index contributed by atoms with van der Waals surface area (Å²) in [6, 6.07) is 0. The molecule has 0 aromatic rings. The highest BCUT2D eigenvalue weighted by Crippen LogP contribution is 2.10. The molecule has 1 unspecified atom stereocenters. The molecule has 0 N–H and O–H groups in total. The fourth-order valence-electron chi connectivity index (χ4n) is 1.37. The van der Waals surface area contributed by atoms with Crippen molar-refractivity contribution in [3.63, 3.8) is 0 Å². The maximum Gasteiger partial charge on any atom is 0.0224 e. The van der Waals surface area contributed by atoms with Crippen molar-refractivity contribution < 1.29 is 0 Å². The van der Waals surface area contributed by atoms with Gasteiger partial charge in [-0.15, -0.1) is 0 Å². The summed E-state index contributed by atoms with van der Waals surface area (Å²) in [5, 5.41) is 0. The average Bonchev–Trinajstić information content (AvgIpc) is 2.35. The highest BCUT2D eigenvalue weighted by molar-refractivity contribution is 5.86. The molecule has 0 aliphatic heterocycles. The van der Waals surface area contributed by atoms with Gasteiger partial charge in [-0.25, -0.2) is 0 Å². The van der Waals surface area contributed by atoms with Gasteiger partial charge in [-0.1, -0.05) is 49.5 Å². The first kappa shape index (κ1) is 15.6. The molecule has 0 bridgehead atoms. The monoisotopic (exact) mass is 231 g/mol. The van der Waals surface area contributed by atoms with Gasteiger partial charge in [-0.05, 0) is 33.6 Å². The highest BCUT2D eigenvalue weighted by atomic mass is 14.7. The van der Waals surface area contributed by atoms with E-state index in [4.69, 9.17) is 0 Å². The van der Waals surface area contributed by atoms with Gasteiger partial charge in [0.15, 0.2) is 0 Å². The van der Waals surface area contributed by atoms with Gasteiger partial charge in [0, 0.05) is 17.8 Å². The quantitative estimate of drug-likeness (QED) is 0.329. The maximum atomic E-state index is 4.42. The minimum Gasteiger partial charge on any atom is -0.266 e. The summed E-state index contributed by atoms with van der Waals surface area (Å²) in [4.78, 5) is 4.42. The van der Waals surface area contributed by atoms with Crippen LogP contribution >= 0.6 is 0 Å². The molecule has 0 radical (unpaired) electrons. The second kappa shape index (κ2) is 11.1. The molecular weight excluding hydrogens is 206 g/mol. The molecule has 0 aliphatic rings. The highest BCUT2D eigenvalue weighted by Gasteiger charge is 2.05. The molecule has 17 heavy (non-hydrogen) atoms. The molecule has 0 aromatic heterocycles. The first-order chi connectivity index (χ1) is 8.26. The number of allylic oxidation sites excluding steroid dienone is 7. The van der Waals surface area contributed by atoms with Crippen molar-refractivity contribution in [1.82, 2.24) is 0 Å². The molecule has 0 saturated heterocycles. The molecule has 1 nitrogen and oxygen atoms in total. The Morgan fingerprint density at radius 1 is 1.12 bits per heavy atom. The number of aliphatic imine (C=N–C) groups is 1. The van der Waals surface area contributed by atoms with E-state index >= 15 is 0 Å². The van der Waals surface area contributed by atoms with Crippen molar-refractivity contribution in [3.8, 4) is 0 Å². The Hall–Kier alpha value is -1.37. The minimum atomic E-state index is 0.393. The number of hydrogen-bond acceptors (Lipinski definition) is 1. The number of nitrogens with zero attached hydrogens (tertiary/aromatic N) is 1. The number of hydrogen-bond donors (Lipinski definition) is 0. The molecule has 0 amide bonds. The molecule has 0 heterocycles. The lowest BCUT2D eigenvalue weighted by atomic mass is 9.99. The molecule has 0 aliphatic carbocycles. The Morgan fingerprint density at radius 3 is 2.47 bits per heavy atom. The summed E-state index contributed by atoms with van der Waals surface area (Å²) in [7, 11) is 0. The predicted molar refractivity (Wildman–Crippen MR) is 79.4 cm³/mol. The van der Waals surface area contributed by atoms with Gasteiger partial charge in [0.25, 0.3) is 0 Å². The Balaban J connectivity index is 4.62. The van der Waals surface area contributed by atoms with Gasteiger partial charge < -0.3 is 0 Å². The summed E-state index contributed by atoms with van der Waals surface area (Å²) in [6.45, 7) is 8.26. The smallest absolute Gasteiger partial charge is 0.0224 e. The van der Waals surface area contributed by atoms with Crippen LogP contribution in [0.4, 0.5) is 0 Å². The van der Waals surface area contributed by atoms with Crippen LogP contribution in [0.25, 0.3) is 0 Å². The molecule has 1 atom stereocenters. The maximum absolute atomic E-state index is 4.42. The van der Waals surface area contributed by atoms with E-state index in [1.807, 2.05) is 19.2 Å². The van der Waals surface area contributed by atoms with Gasteiger partial charge in [0.2, 0.25) is 0 Å². The largest absolute Gasteiger partial charge is 0.266 e. The Kier molecular flexibility index (Phi) is 10.2. The molecule has 0 rings (SSSR count). The van der Waals surface area contributed by atoms with E-state index in [-0.39, 0.29) is 0 Å². The standard InChI is InChI=1S/C16H25N/c1-5-8-10-11-13-16(12-9-6-2)15(4)17-14-7-3/h6-11,13-14,16H,5,12H2,1-4H3/b9-6-,10-8-,13-11-,14-7-,17-15+. The summed E-state index contributed by atoms with van der Waals surface area (Å²) in [6.07, 6.45) is 18.8. The van der Waals surface area contributed by atoms with Crippen molar-refractivity contribution in [3.05, 3.63) is 48.7 Å². The van der Waals surface area contributed by atoms with E-state index < -0.39 is 0 Å². The van der Waals surface area contributed by atoms with Crippen molar-refractivity contribution in [2.24, 2.45) is 10.9 Å². The third kappa shape index (κ3) is 8.44. The van der Waals surface area contributed by atoms with E-state index in [1.54, 1.807) is 0 Å². The molecule has 1 heteroatoms. The van der Waals surface area contributed by atoms with E-state index in [0.29, 0.717) is 5.92 Å². The molecule has 0 aromatic carbocycles. The predicted octanol–water partition coefficient (Wildman–Crippen LogP) is 5.09. The van der Waals surface area contributed by atoms with E-state index in [9.17, 15) is 0 Å². The lowest BCUT2D eigenvalue weighted by Gasteiger charge is -2.08. The van der Waals surface area contributed by atoms with Gasteiger partial charge in [-0.2, -0.15) is 0 Å². The van der Waals surface area contributed by atoms with Gasteiger partial charge in [0.05, 0.1) is 0 Å². The third-order valence-corrected chi connectivity index (χ3v) is 2.42. The Labute approximate surface area is 106 Å². The molecule has 94 valence electrons. The molecule has 0 spiro atoms. The van der Waals surface area contributed by atoms with E-state index in [2.05, 4.69) is 62.2 Å². The zero-order chi connectivity index (χ0) is 12.9. The zero-order valence-corrected chi connectivity index (χ0v) is 11.6. The van der Waals surface area contributed by atoms with Crippen LogP contribution in [0, 0.1) is 5.92 Å². The van der Waals surface area contributed by atoms with Crippen LogP contribution in [0.3, 0.4) is 0 Å². The van der Waals surface area contributed by atoms with Crippen LogP contribution < -0.4 is 0 Å². The van der Waals surface area contributed by atoms with Crippen molar-refractivity contribution >= 4 is 5.71 Å². The molecule has 0 saturated carbocycles. The van der Waals surface area contributed by atoms with Crippen LogP contribution in [-0.4, -0.2) is 5.71 Å². The van der Waals surface area contributed by atoms with Crippen molar-refractivity contribution in [2.75, 3.05) is 0 Å². The van der Waals surface area contributed by atoms with Crippen molar-refractivity contribution in [1.29, 1.82) is 0 Å². The summed E-state index contributed by atoms with van der Waals surface area (Å²) in [5.74, 6) is 0.393. The second-order valence-electron chi connectivity index (χ2n) is 3.89. The fraction of sp³-hybridized carbons (Fsp3) is 0.438. The third-order valence-electron chi connectivity index (χ3n) is 2.42. The Bertz CT molecular complexity index is 316.